The molecule has 2 rings (SSSR count). The number of carboxylic acids is 1. The third-order valence-electron chi connectivity index (χ3n) is 2.47. The molecular weight excluding hydrogens is 206 g/mol. The quantitative estimate of drug-likeness (QED) is 0.709. The molecule has 2 heterocycles. The molecule has 1 aromatic rings. The van der Waals surface area contributed by atoms with E-state index in [9.17, 15) is 4.79 Å². The molecule has 1 aliphatic rings. The normalized spacial score (nSPS) is 15.6. The van der Waals surface area contributed by atoms with Gasteiger partial charge in [-0.1, -0.05) is 0 Å². The first-order valence-electron chi connectivity index (χ1n) is 5.53. The Balaban J connectivity index is 0.000000160. The van der Waals surface area contributed by atoms with Crippen LogP contribution in [0, 0.1) is 0 Å². The Morgan fingerprint density at radius 3 is 2.56 bits per heavy atom. The van der Waals surface area contributed by atoms with Gasteiger partial charge in [-0.05, 0) is 38.1 Å². The summed E-state index contributed by atoms with van der Waals surface area (Å²) in [6, 6.07) is 3.14. The summed E-state index contributed by atoms with van der Waals surface area (Å²) in [5.41, 5.74) is 5.59. The maximum absolute atomic E-state index is 10.0. The third-order valence-corrected chi connectivity index (χ3v) is 2.47. The van der Waals surface area contributed by atoms with Crippen LogP contribution >= 0.6 is 0 Å². The van der Waals surface area contributed by atoms with Crippen molar-refractivity contribution < 1.29 is 9.90 Å². The summed E-state index contributed by atoms with van der Waals surface area (Å²) in [6.45, 7) is 4.47. The molecule has 0 atom stereocenters. The highest BCUT2D eigenvalue weighted by atomic mass is 16.4. The van der Waals surface area contributed by atoms with Gasteiger partial charge < -0.3 is 20.7 Å². The van der Waals surface area contributed by atoms with E-state index in [1.54, 1.807) is 12.3 Å². The summed E-state index contributed by atoms with van der Waals surface area (Å²) >= 11 is 0. The molecule has 0 spiro atoms. The van der Waals surface area contributed by atoms with Gasteiger partial charge in [0, 0.05) is 19.3 Å². The first-order chi connectivity index (χ1) is 7.74. The third kappa shape index (κ3) is 4.46. The van der Waals surface area contributed by atoms with Crippen LogP contribution in [0.25, 0.3) is 0 Å². The maximum atomic E-state index is 10.0. The second-order valence-electron chi connectivity index (χ2n) is 3.73. The lowest BCUT2D eigenvalue weighted by atomic mass is 10.4. The highest BCUT2D eigenvalue weighted by molar-refractivity contribution is 5.85. The molecule has 1 fully saturated rings. The van der Waals surface area contributed by atoms with E-state index in [4.69, 9.17) is 10.8 Å². The monoisotopic (exact) mass is 225 g/mol. The molecule has 0 saturated carbocycles. The van der Waals surface area contributed by atoms with Crippen molar-refractivity contribution in [1.29, 1.82) is 0 Å². The number of carbonyl (C=O) groups is 1. The molecule has 0 aromatic carbocycles. The van der Waals surface area contributed by atoms with Crippen LogP contribution in [0.5, 0.6) is 0 Å². The summed E-state index contributed by atoms with van der Waals surface area (Å²) in [6.07, 6.45) is 4.32. The number of nitrogens with zero attached hydrogens (tertiary/aromatic N) is 1. The van der Waals surface area contributed by atoms with Gasteiger partial charge in [0.05, 0.1) is 0 Å². The molecule has 5 nitrogen and oxygen atoms in total. The van der Waals surface area contributed by atoms with Crippen molar-refractivity contribution in [2.75, 3.05) is 26.2 Å². The standard InChI is InChI=1S/C6H14N2.C5H5NO2/c7-3-6-8-4-1-2-5-8;7-5(8)4-2-1-3-6-4/h1-7H2;1-3,6H,(H,7,8). The van der Waals surface area contributed by atoms with E-state index in [0.717, 1.165) is 13.1 Å². The van der Waals surface area contributed by atoms with Crippen molar-refractivity contribution in [2.24, 2.45) is 5.73 Å². The van der Waals surface area contributed by atoms with Gasteiger partial charge in [0.25, 0.3) is 0 Å². The second-order valence-corrected chi connectivity index (χ2v) is 3.73. The van der Waals surface area contributed by atoms with E-state index in [1.165, 1.54) is 32.0 Å². The zero-order chi connectivity index (χ0) is 11.8. The molecule has 0 radical (unpaired) electrons. The van der Waals surface area contributed by atoms with E-state index in [2.05, 4.69) is 9.88 Å². The molecule has 4 N–H and O–H groups in total. The van der Waals surface area contributed by atoms with Crippen LogP contribution < -0.4 is 5.73 Å². The molecule has 1 aliphatic heterocycles. The molecule has 1 saturated heterocycles. The predicted octanol–water partition coefficient (Wildman–Crippen LogP) is 0.754. The topological polar surface area (TPSA) is 82.3 Å². The lowest BCUT2D eigenvalue weighted by Gasteiger charge is -2.11. The molecule has 16 heavy (non-hydrogen) atoms. The van der Waals surface area contributed by atoms with Gasteiger partial charge in [0.15, 0.2) is 0 Å². The average molecular weight is 225 g/mol. The van der Waals surface area contributed by atoms with Crippen LogP contribution in [0.2, 0.25) is 0 Å². The van der Waals surface area contributed by atoms with Gasteiger partial charge in [-0.25, -0.2) is 4.79 Å². The molecule has 0 bridgehead atoms. The number of H-pyrrole nitrogens is 1. The number of nitrogens with two attached hydrogens (primary N) is 1. The van der Waals surface area contributed by atoms with Crippen LogP contribution in [-0.4, -0.2) is 47.1 Å². The fraction of sp³-hybridized carbons (Fsp3) is 0.545. The lowest BCUT2D eigenvalue weighted by Crippen LogP contribution is -2.26. The number of nitrogens with one attached hydrogen (secondary N) is 1. The van der Waals surface area contributed by atoms with E-state index in [0.29, 0.717) is 0 Å². The van der Waals surface area contributed by atoms with Gasteiger partial charge in [0.1, 0.15) is 5.69 Å². The van der Waals surface area contributed by atoms with Crippen molar-refractivity contribution in [3.8, 4) is 0 Å². The number of carboxylic acid groups (broad SMARTS) is 1. The Morgan fingerprint density at radius 2 is 2.19 bits per heavy atom. The number of aromatic nitrogens is 1. The molecule has 5 heteroatoms. The van der Waals surface area contributed by atoms with Crippen LogP contribution in [-0.2, 0) is 0 Å². The number of aromatic carboxylic acids is 1. The Kier molecular flexibility index (Phi) is 5.60. The van der Waals surface area contributed by atoms with E-state index < -0.39 is 5.97 Å². The fourth-order valence-corrected chi connectivity index (χ4v) is 1.65. The Labute approximate surface area is 95.3 Å². The number of aromatic amines is 1. The summed E-state index contributed by atoms with van der Waals surface area (Å²) in [4.78, 5) is 15.0. The highest BCUT2D eigenvalue weighted by Gasteiger charge is 2.08. The van der Waals surface area contributed by atoms with E-state index in [-0.39, 0.29) is 5.69 Å². The number of hydrogen-bond acceptors (Lipinski definition) is 3. The maximum Gasteiger partial charge on any atom is 0.352 e. The highest BCUT2D eigenvalue weighted by Crippen LogP contribution is 2.04. The largest absolute Gasteiger partial charge is 0.477 e. The van der Waals surface area contributed by atoms with Crippen molar-refractivity contribution in [2.45, 2.75) is 12.8 Å². The number of rotatable bonds is 3. The molecule has 0 amide bonds. The summed E-state index contributed by atoms with van der Waals surface area (Å²) in [5, 5.41) is 8.24. The van der Waals surface area contributed by atoms with Crippen molar-refractivity contribution in [3.63, 3.8) is 0 Å². The van der Waals surface area contributed by atoms with Gasteiger partial charge in [0.2, 0.25) is 0 Å². The SMILES string of the molecule is NCCN1CCCC1.O=C(O)c1ccc[nH]1. The Morgan fingerprint density at radius 1 is 1.50 bits per heavy atom. The average Bonchev–Trinajstić information content (AvgIpc) is 2.91. The zero-order valence-electron chi connectivity index (χ0n) is 9.35. The van der Waals surface area contributed by atoms with Crippen LogP contribution in [0.15, 0.2) is 18.3 Å². The van der Waals surface area contributed by atoms with Gasteiger partial charge >= 0.3 is 5.97 Å². The van der Waals surface area contributed by atoms with Crippen molar-refractivity contribution in [1.82, 2.24) is 9.88 Å². The minimum atomic E-state index is -0.921. The predicted molar refractivity (Wildman–Crippen MR) is 62.5 cm³/mol. The second kappa shape index (κ2) is 7.03. The molecular formula is C11H19N3O2. The number of hydrogen-bond donors (Lipinski definition) is 3. The van der Waals surface area contributed by atoms with E-state index in [1.807, 2.05) is 0 Å². The van der Waals surface area contributed by atoms with Crippen LogP contribution in [0.3, 0.4) is 0 Å². The van der Waals surface area contributed by atoms with Gasteiger partial charge in [-0.3, -0.25) is 0 Å². The van der Waals surface area contributed by atoms with Gasteiger partial charge in [-0.2, -0.15) is 0 Å². The lowest BCUT2D eigenvalue weighted by molar-refractivity contribution is 0.0691. The molecule has 1 aromatic heterocycles. The van der Waals surface area contributed by atoms with E-state index >= 15 is 0 Å². The van der Waals surface area contributed by atoms with Crippen LogP contribution in [0.1, 0.15) is 23.3 Å². The molecule has 90 valence electrons. The van der Waals surface area contributed by atoms with Crippen molar-refractivity contribution in [3.05, 3.63) is 24.0 Å². The van der Waals surface area contributed by atoms with Crippen LogP contribution in [0.4, 0.5) is 0 Å². The minimum Gasteiger partial charge on any atom is -0.477 e. The first kappa shape index (κ1) is 12.7. The number of likely N-dealkylation sites (tertiary alicyclic amines) is 1. The Hall–Kier alpha value is -1.33. The summed E-state index contributed by atoms with van der Waals surface area (Å²) < 4.78 is 0. The van der Waals surface area contributed by atoms with Crippen molar-refractivity contribution >= 4 is 5.97 Å². The minimum absolute atomic E-state index is 0.227. The zero-order valence-corrected chi connectivity index (χ0v) is 9.35. The first-order valence-corrected chi connectivity index (χ1v) is 5.53. The fourth-order valence-electron chi connectivity index (χ4n) is 1.65. The smallest absolute Gasteiger partial charge is 0.352 e. The molecule has 0 aliphatic carbocycles. The Bertz CT molecular complexity index is 292. The molecule has 0 unspecified atom stereocenters. The van der Waals surface area contributed by atoms with Gasteiger partial charge in [-0.15, -0.1) is 0 Å². The summed E-state index contributed by atoms with van der Waals surface area (Å²) in [5.74, 6) is -0.921. The summed E-state index contributed by atoms with van der Waals surface area (Å²) in [7, 11) is 0.